The molecule has 8 rings (SSSR count). The Hall–Kier alpha value is -0.0800. The third-order valence-electron chi connectivity index (χ3n) is 9.65. The maximum atomic E-state index is 11.2. The predicted octanol–water partition coefficient (Wildman–Crippen LogP) is 4.24. The summed E-state index contributed by atoms with van der Waals surface area (Å²) in [4.78, 5) is 0. The van der Waals surface area contributed by atoms with E-state index in [-0.39, 0.29) is 11.2 Å². The van der Waals surface area contributed by atoms with Crippen LogP contribution in [0.15, 0.2) is 0 Å². The van der Waals surface area contributed by atoms with E-state index in [0.717, 1.165) is 62.2 Å². The number of hydrogen-bond donors (Lipinski definition) is 2. The highest BCUT2D eigenvalue weighted by Crippen LogP contribution is 2.72. The highest BCUT2D eigenvalue weighted by Gasteiger charge is 2.66. The van der Waals surface area contributed by atoms with Crippen molar-refractivity contribution in [3.63, 3.8) is 0 Å². The fourth-order valence-corrected chi connectivity index (χ4v) is 9.87. The number of rotatable bonds is 2. The summed E-state index contributed by atoms with van der Waals surface area (Å²) in [5, 5.41) is 22.4. The molecule has 0 aromatic heterocycles. The fraction of sp³-hybridized carbons (Fsp3) is 0.955. The summed E-state index contributed by atoms with van der Waals surface area (Å²) in [6.07, 6.45) is 14.5. The van der Waals surface area contributed by atoms with Gasteiger partial charge in [0, 0.05) is 0 Å². The molecule has 0 saturated heterocycles. The quantitative estimate of drug-likeness (QED) is 0.795. The molecule has 133 valence electrons. The van der Waals surface area contributed by atoms with E-state index in [9.17, 15) is 10.2 Å². The van der Waals surface area contributed by atoms with Crippen molar-refractivity contribution in [3.05, 3.63) is 5.92 Å². The van der Waals surface area contributed by atoms with Gasteiger partial charge >= 0.3 is 0 Å². The molecule has 8 aliphatic carbocycles. The van der Waals surface area contributed by atoms with Crippen LogP contribution in [0, 0.1) is 40.4 Å². The van der Waals surface area contributed by atoms with E-state index in [0.29, 0.717) is 10.8 Å². The Bertz CT molecular complexity index is 503. The van der Waals surface area contributed by atoms with Crippen LogP contribution in [0.3, 0.4) is 0 Å². The van der Waals surface area contributed by atoms with Gasteiger partial charge in [0.25, 0.3) is 0 Å². The molecule has 4 unspecified atom stereocenters. The molecule has 0 heterocycles. The molecular weight excluding hydrogens is 296 g/mol. The normalized spacial score (nSPS) is 63.5. The number of hydrogen-bond acceptors (Lipinski definition) is 2. The second-order valence-electron chi connectivity index (χ2n) is 11.6. The molecule has 0 aromatic carbocycles. The molecule has 8 bridgehead atoms. The molecule has 0 amide bonds. The molecule has 2 N–H and O–H groups in total. The maximum absolute atomic E-state index is 11.2. The second kappa shape index (κ2) is 4.25. The van der Waals surface area contributed by atoms with Gasteiger partial charge in [-0.2, -0.15) is 0 Å². The van der Waals surface area contributed by atoms with Gasteiger partial charge in [-0.3, -0.25) is 0 Å². The molecule has 2 nitrogen and oxygen atoms in total. The summed E-state index contributed by atoms with van der Waals surface area (Å²) in [6, 6.07) is 0. The Morgan fingerprint density at radius 3 is 1.25 bits per heavy atom. The zero-order valence-corrected chi connectivity index (χ0v) is 15.2. The standard InChI is InChI=1S/C22H33O2/c1-14(19-4-15-2-16(5-19)9-21(23,8-15)12-19)20-6-17-3-18(7-20)11-22(24,10-17)13-20/h15-18,23-24H,2-13H2,1H3. The summed E-state index contributed by atoms with van der Waals surface area (Å²) in [5.74, 6) is 4.80. The fourth-order valence-electron chi connectivity index (χ4n) is 9.87. The first-order chi connectivity index (χ1) is 11.3. The van der Waals surface area contributed by atoms with Crippen LogP contribution >= 0.6 is 0 Å². The van der Waals surface area contributed by atoms with Crippen LogP contribution in [0.25, 0.3) is 0 Å². The van der Waals surface area contributed by atoms with E-state index >= 15 is 0 Å². The van der Waals surface area contributed by atoms with Crippen molar-refractivity contribution >= 4 is 0 Å². The van der Waals surface area contributed by atoms with Gasteiger partial charge in [0.05, 0.1) is 11.2 Å². The third kappa shape index (κ3) is 1.85. The van der Waals surface area contributed by atoms with Crippen molar-refractivity contribution in [2.45, 2.75) is 95.2 Å². The first-order valence-corrected chi connectivity index (χ1v) is 10.6. The topological polar surface area (TPSA) is 40.5 Å². The molecule has 0 aliphatic heterocycles. The van der Waals surface area contributed by atoms with Gasteiger partial charge < -0.3 is 10.2 Å². The Morgan fingerprint density at radius 1 is 0.625 bits per heavy atom. The van der Waals surface area contributed by atoms with Crippen LogP contribution < -0.4 is 0 Å². The lowest BCUT2D eigenvalue weighted by molar-refractivity contribution is -0.193. The molecule has 0 aromatic rings. The van der Waals surface area contributed by atoms with Crippen LogP contribution in [0.5, 0.6) is 0 Å². The zero-order chi connectivity index (χ0) is 16.4. The highest BCUT2D eigenvalue weighted by atomic mass is 16.3. The van der Waals surface area contributed by atoms with E-state index in [2.05, 4.69) is 6.92 Å². The van der Waals surface area contributed by atoms with Crippen molar-refractivity contribution in [2.75, 3.05) is 0 Å². The van der Waals surface area contributed by atoms with E-state index in [1.165, 1.54) is 38.5 Å². The molecule has 1 radical (unpaired) electrons. The molecule has 8 saturated carbocycles. The minimum atomic E-state index is -0.357. The second-order valence-corrected chi connectivity index (χ2v) is 11.6. The van der Waals surface area contributed by atoms with Gasteiger partial charge in [0.15, 0.2) is 0 Å². The van der Waals surface area contributed by atoms with Crippen molar-refractivity contribution < 1.29 is 10.2 Å². The molecule has 8 aliphatic rings. The van der Waals surface area contributed by atoms with Gasteiger partial charge in [0.2, 0.25) is 0 Å². The minimum Gasteiger partial charge on any atom is -0.390 e. The summed E-state index contributed by atoms with van der Waals surface area (Å²) in [6.45, 7) is 2.47. The lowest BCUT2D eigenvalue weighted by Gasteiger charge is -2.69. The maximum Gasteiger partial charge on any atom is 0.0658 e. The average Bonchev–Trinajstić information content (AvgIpc) is 2.41. The predicted molar refractivity (Wildman–Crippen MR) is 93.0 cm³/mol. The molecule has 4 atom stereocenters. The van der Waals surface area contributed by atoms with Gasteiger partial charge in [0.1, 0.15) is 0 Å². The van der Waals surface area contributed by atoms with Gasteiger partial charge in [-0.05, 0) is 117 Å². The molecule has 8 fully saturated rings. The van der Waals surface area contributed by atoms with E-state index in [1.54, 1.807) is 5.92 Å². The SMILES string of the molecule is C[C](C12CC3CC(CC(O)(C3)C1)C2)C12CC3CC(CC(O)(C3)C1)C2. The van der Waals surface area contributed by atoms with Gasteiger partial charge in [-0.15, -0.1) is 0 Å². The Morgan fingerprint density at radius 2 is 0.958 bits per heavy atom. The smallest absolute Gasteiger partial charge is 0.0658 e. The minimum absolute atomic E-state index is 0.306. The average molecular weight is 330 g/mol. The third-order valence-corrected chi connectivity index (χ3v) is 9.65. The summed E-state index contributed by atoms with van der Waals surface area (Å²) < 4.78 is 0. The van der Waals surface area contributed by atoms with Crippen LogP contribution in [-0.2, 0) is 0 Å². The van der Waals surface area contributed by atoms with Crippen molar-refractivity contribution in [2.24, 2.45) is 34.5 Å². The zero-order valence-electron chi connectivity index (χ0n) is 15.2. The largest absolute Gasteiger partial charge is 0.390 e. The summed E-state index contributed by atoms with van der Waals surface area (Å²) in [5.41, 5.74) is -0.100. The molecule has 24 heavy (non-hydrogen) atoms. The van der Waals surface area contributed by atoms with Crippen LogP contribution in [0.4, 0.5) is 0 Å². The van der Waals surface area contributed by atoms with Gasteiger partial charge in [-0.1, -0.05) is 6.92 Å². The van der Waals surface area contributed by atoms with Crippen LogP contribution in [0.1, 0.15) is 84.0 Å². The van der Waals surface area contributed by atoms with E-state index < -0.39 is 0 Å². The highest BCUT2D eigenvalue weighted by molar-refractivity contribution is 5.26. The lowest BCUT2D eigenvalue weighted by atomic mass is 9.37. The Kier molecular flexibility index (Phi) is 2.66. The number of aliphatic hydroxyl groups is 2. The van der Waals surface area contributed by atoms with Gasteiger partial charge in [-0.25, -0.2) is 0 Å². The monoisotopic (exact) mass is 329 g/mol. The summed E-state index contributed by atoms with van der Waals surface area (Å²) in [7, 11) is 0. The molecule has 0 spiro atoms. The molecule has 2 heteroatoms. The van der Waals surface area contributed by atoms with Crippen molar-refractivity contribution in [1.29, 1.82) is 0 Å². The Labute approximate surface area is 146 Å². The van der Waals surface area contributed by atoms with E-state index in [1.807, 2.05) is 0 Å². The van der Waals surface area contributed by atoms with Crippen molar-refractivity contribution in [3.8, 4) is 0 Å². The van der Waals surface area contributed by atoms with Crippen LogP contribution in [-0.4, -0.2) is 21.4 Å². The first kappa shape index (κ1) is 15.0. The summed E-state index contributed by atoms with van der Waals surface area (Å²) >= 11 is 0. The molecular formula is C22H33O2. The van der Waals surface area contributed by atoms with Crippen LogP contribution in [0.2, 0.25) is 0 Å². The lowest BCUT2D eigenvalue weighted by Crippen LogP contribution is -2.63. The Balaban J connectivity index is 1.38. The first-order valence-electron chi connectivity index (χ1n) is 10.6. The van der Waals surface area contributed by atoms with E-state index in [4.69, 9.17) is 0 Å². The van der Waals surface area contributed by atoms with Crippen molar-refractivity contribution in [1.82, 2.24) is 0 Å².